The minimum absolute atomic E-state index is 0.0746. The van der Waals surface area contributed by atoms with Crippen molar-refractivity contribution >= 4 is 11.4 Å². The van der Waals surface area contributed by atoms with E-state index in [2.05, 4.69) is 102 Å². The van der Waals surface area contributed by atoms with E-state index in [1.54, 1.807) is 0 Å². The molecule has 0 radical (unpaired) electrons. The Bertz CT molecular complexity index is 1610. The van der Waals surface area contributed by atoms with Crippen molar-refractivity contribution in [1.82, 2.24) is 0 Å². The minimum atomic E-state index is 0.0746. The fraction of sp³-hybridized carbons (Fsp3) is 0.700. The van der Waals surface area contributed by atoms with Crippen molar-refractivity contribution in [2.24, 2.45) is 0 Å². The molecule has 0 atom stereocenters. The molecule has 0 saturated heterocycles. The van der Waals surface area contributed by atoms with Gasteiger partial charge in [0.15, 0.2) is 0 Å². The Morgan fingerprint density at radius 1 is 0.446 bits per heavy atom. The third-order valence-electron chi connectivity index (χ3n) is 12.5. The van der Waals surface area contributed by atoms with Gasteiger partial charge in [0.1, 0.15) is 5.57 Å². The van der Waals surface area contributed by atoms with Gasteiger partial charge in [0, 0.05) is 23.1 Å². The van der Waals surface area contributed by atoms with E-state index in [1.807, 2.05) is 0 Å². The zero-order valence-electron chi connectivity index (χ0n) is 43.1. The third kappa shape index (κ3) is 27.3. The molecule has 1 heterocycles. The second-order valence-corrected chi connectivity index (χ2v) is 19.9. The summed E-state index contributed by atoms with van der Waals surface area (Å²) in [5.74, 6) is 7.29. The quantitative estimate of drug-likeness (QED) is 0.0290. The monoisotopic (exact) mass is 985 g/mol. The van der Waals surface area contributed by atoms with Crippen molar-refractivity contribution in [2.75, 3.05) is 13.2 Å². The zero-order chi connectivity index (χ0) is 46.8. The van der Waals surface area contributed by atoms with Crippen LogP contribution < -0.4 is 0 Å². The summed E-state index contributed by atoms with van der Waals surface area (Å²) in [6, 6.07) is 17.7. The van der Waals surface area contributed by atoms with Gasteiger partial charge in [0.25, 0.3) is 0 Å². The number of nitrogens with zero attached hydrogens (tertiary/aromatic N) is 2. The molecule has 4 nitrogen and oxygen atoms in total. The van der Waals surface area contributed by atoms with E-state index < -0.39 is 0 Å². The summed E-state index contributed by atoms with van der Waals surface area (Å²) < 4.78 is 11.7. The standard InChI is InChI=1S/C54H84N2.2C3H7O.Pd/c1-5-9-13-14-15-16-17-18-19-20-21-22-23-24-25-26-27-28-29-30-31-32-34-44-52-51(43-33-10-6-2)53(49-41-35-39-47(45-49)37-11-7-3)56(55)54(52)50-42-36-40-48(46-50)38-12-8-4;2*1-2-3-4;/h35-36,39-42,45-46H,5-33,37-38,43H2,1-4H3;2*2-3H2,1H3;/q;2*-1;+2. The third-order valence-corrected chi connectivity index (χ3v) is 13.5. The van der Waals surface area contributed by atoms with Crippen molar-refractivity contribution in [2.45, 2.75) is 260 Å². The summed E-state index contributed by atoms with van der Waals surface area (Å²) in [7, 11) is 0. The number of unbranched alkanes of at least 4 members (excludes halogenated alkanes) is 25. The average molecular weight is 986 g/mol. The van der Waals surface area contributed by atoms with Crippen LogP contribution in [0.25, 0.3) is 16.9 Å². The molecule has 3 rings (SSSR count). The molecular weight excluding hydrogens is 887 g/mol. The zero-order valence-corrected chi connectivity index (χ0v) is 44.7. The van der Waals surface area contributed by atoms with E-state index in [4.69, 9.17) is 6.92 Å². The maximum atomic E-state index is 12.1. The van der Waals surface area contributed by atoms with E-state index in [-0.39, 0.29) is 18.7 Å². The molecule has 0 bridgehead atoms. The molecule has 0 aromatic heterocycles. The van der Waals surface area contributed by atoms with Crippen LogP contribution in [-0.2, 0) is 38.5 Å². The van der Waals surface area contributed by atoms with E-state index in [0.717, 1.165) is 92.7 Å². The van der Waals surface area contributed by atoms with Crippen molar-refractivity contribution in [3.05, 3.63) is 87.5 Å². The fourth-order valence-corrected chi connectivity index (χ4v) is 9.64. The summed E-state index contributed by atoms with van der Waals surface area (Å²) in [5, 5.41) is 0. The molecule has 0 unspecified atom stereocenters. The van der Waals surface area contributed by atoms with E-state index >= 15 is 0 Å². The van der Waals surface area contributed by atoms with E-state index in [9.17, 15) is 5.53 Å². The summed E-state index contributed by atoms with van der Waals surface area (Å²) in [4.78, 5) is 0. The Morgan fingerprint density at radius 3 is 1.28 bits per heavy atom. The van der Waals surface area contributed by atoms with Crippen molar-refractivity contribution in [3.63, 3.8) is 0 Å². The molecule has 1 aliphatic heterocycles. The van der Waals surface area contributed by atoms with Crippen LogP contribution in [-0.4, -0.2) is 17.9 Å². The van der Waals surface area contributed by atoms with E-state index in [1.165, 1.54) is 188 Å². The van der Waals surface area contributed by atoms with Crippen LogP contribution in [0.5, 0.6) is 0 Å². The number of allylic oxidation sites excluding steroid dienone is 2. The predicted molar refractivity (Wildman–Crippen MR) is 279 cm³/mol. The Labute approximate surface area is 411 Å². The van der Waals surface area contributed by atoms with Gasteiger partial charge in [0.05, 0.1) is 0 Å². The van der Waals surface area contributed by atoms with Gasteiger partial charge in [-0.05, 0) is 80.3 Å². The molecular formula is C60H98N2O2Pd. The van der Waals surface area contributed by atoms with Crippen molar-refractivity contribution < 1.29 is 30.3 Å². The van der Waals surface area contributed by atoms with E-state index in [0.29, 0.717) is 0 Å². The number of benzene rings is 2. The first-order chi connectivity index (χ1) is 32.1. The van der Waals surface area contributed by atoms with Gasteiger partial charge in [0.2, 0.25) is 11.4 Å². The average Bonchev–Trinajstić information content (AvgIpc) is 3.60. The number of hydrogen-bond donors (Lipinski definition) is 0. The Morgan fingerprint density at radius 2 is 0.846 bits per heavy atom. The maximum absolute atomic E-state index is 12.1. The summed E-state index contributed by atoms with van der Waals surface area (Å²) >= 11 is 0.0746. The van der Waals surface area contributed by atoms with Gasteiger partial charge in [-0.25, -0.2) is 4.70 Å². The SMILES string of the molecule is CCCCCCCCCCCCCCCCCCCCCCCC#CC1=C(c2cccc(CCCC)c2)[N+](=[N-])C(c2cccc(CCCC)c2)=C1CCCCC.CCC[O][Pd][O]CCC. The number of aryl methyl sites for hydroxylation is 2. The molecule has 0 saturated carbocycles. The molecule has 0 N–H and O–H groups in total. The summed E-state index contributed by atoms with van der Waals surface area (Å²) in [5.41, 5.74) is 21.0. The van der Waals surface area contributed by atoms with Crippen LogP contribution in [0.15, 0.2) is 59.7 Å². The fourth-order valence-electron chi connectivity index (χ4n) is 8.61. The first-order valence-electron chi connectivity index (χ1n) is 27.5. The molecule has 1 aliphatic rings. The van der Waals surface area contributed by atoms with Gasteiger partial charge >= 0.3 is 65.5 Å². The molecule has 2 aromatic carbocycles. The second kappa shape index (κ2) is 41.8. The van der Waals surface area contributed by atoms with Crippen LogP contribution in [0, 0.1) is 11.8 Å². The molecule has 5 heteroatoms. The predicted octanol–water partition coefficient (Wildman–Crippen LogP) is 19.5. The van der Waals surface area contributed by atoms with Crippen LogP contribution in [0.3, 0.4) is 0 Å². The molecule has 0 aliphatic carbocycles. The normalized spacial score (nSPS) is 12.6. The van der Waals surface area contributed by atoms with Crippen LogP contribution in [0.1, 0.15) is 269 Å². The van der Waals surface area contributed by atoms with Gasteiger partial charge in [-0.15, -0.1) is 0 Å². The number of hydrogen-bond acceptors (Lipinski definition) is 2. The molecule has 2 aromatic rings. The first-order valence-corrected chi connectivity index (χ1v) is 28.8. The van der Waals surface area contributed by atoms with Crippen molar-refractivity contribution in [3.8, 4) is 11.8 Å². The molecule has 370 valence electrons. The van der Waals surface area contributed by atoms with Gasteiger partial charge in [-0.2, -0.15) is 0 Å². The van der Waals surface area contributed by atoms with Gasteiger partial charge in [-0.1, -0.05) is 218 Å². The van der Waals surface area contributed by atoms with Gasteiger partial charge in [-0.3, -0.25) is 0 Å². The number of rotatable bonds is 39. The molecule has 0 amide bonds. The molecule has 0 spiro atoms. The van der Waals surface area contributed by atoms with Crippen LogP contribution in [0.4, 0.5) is 0 Å². The topological polar surface area (TPSA) is 43.8 Å². The first kappa shape index (κ1) is 58.8. The Hall–Kier alpha value is -2.34. The molecule has 65 heavy (non-hydrogen) atoms. The summed E-state index contributed by atoms with van der Waals surface area (Å²) in [6.07, 6.45) is 43.8. The Balaban J connectivity index is 0.00000145. The van der Waals surface area contributed by atoms with Crippen LogP contribution >= 0.6 is 0 Å². The van der Waals surface area contributed by atoms with Crippen molar-refractivity contribution in [1.29, 1.82) is 0 Å². The molecule has 0 fully saturated rings. The summed E-state index contributed by atoms with van der Waals surface area (Å²) in [6.45, 7) is 14.9. The van der Waals surface area contributed by atoms with Gasteiger partial charge < -0.3 is 5.53 Å². The Kier molecular flexibility index (Phi) is 37.8. The second-order valence-electron chi connectivity index (χ2n) is 18.7. The van der Waals surface area contributed by atoms with Crippen LogP contribution in [0.2, 0.25) is 0 Å².